The predicted octanol–water partition coefficient (Wildman–Crippen LogP) is 1.91. The average Bonchev–Trinajstić information content (AvgIpc) is 2.75. The van der Waals surface area contributed by atoms with Crippen molar-refractivity contribution in [3.8, 4) is 0 Å². The number of rotatable bonds is 6. The van der Waals surface area contributed by atoms with Crippen LogP contribution in [0.2, 0.25) is 0 Å². The van der Waals surface area contributed by atoms with Crippen molar-refractivity contribution in [3.05, 3.63) is 92.6 Å². The standard InChI is InChI=1S/C22H22N6O2/c1-15-24-19-9-4-3-8-18(19)21(30)28(15)14-17-13-20(29)26-22(25-17)27(2)12-10-16-7-5-6-11-23-16/h3-9,11,13H,10,12,14H2,1-2H3,(H,25,26,29). The van der Waals surface area contributed by atoms with Crippen molar-refractivity contribution in [2.75, 3.05) is 18.5 Å². The number of benzene rings is 1. The SMILES string of the molecule is Cc1nc2ccccc2c(=O)n1Cc1cc(=O)[nH]c(N(C)CCc2ccccn2)n1. The number of likely N-dealkylation sites (N-methyl/N-ethyl adjacent to an activating group) is 1. The summed E-state index contributed by atoms with van der Waals surface area (Å²) in [4.78, 5) is 43.2. The van der Waals surface area contributed by atoms with Crippen molar-refractivity contribution in [3.63, 3.8) is 0 Å². The summed E-state index contributed by atoms with van der Waals surface area (Å²) in [5, 5.41) is 0.542. The Balaban J connectivity index is 1.60. The Morgan fingerprint density at radius 2 is 1.83 bits per heavy atom. The van der Waals surface area contributed by atoms with Gasteiger partial charge >= 0.3 is 0 Å². The van der Waals surface area contributed by atoms with Gasteiger partial charge in [-0.1, -0.05) is 18.2 Å². The summed E-state index contributed by atoms with van der Waals surface area (Å²) in [6.07, 6.45) is 2.48. The first-order valence-corrected chi connectivity index (χ1v) is 9.69. The summed E-state index contributed by atoms with van der Waals surface area (Å²) < 4.78 is 1.54. The zero-order chi connectivity index (χ0) is 21.1. The first-order chi connectivity index (χ1) is 14.5. The molecule has 0 radical (unpaired) electrons. The summed E-state index contributed by atoms with van der Waals surface area (Å²) in [7, 11) is 1.86. The third-order valence-corrected chi connectivity index (χ3v) is 4.95. The van der Waals surface area contributed by atoms with Crippen LogP contribution in [0.1, 0.15) is 17.2 Å². The molecule has 152 valence electrons. The number of hydrogen-bond donors (Lipinski definition) is 1. The van der Waals surface area contributed by atoms with Crippen LogP contribution in [0.4, 0.5) is 5.95 Å². The third-order valence-electron chi connectivity index (χ3n) is 4.95. The molecule has 1 aromatic carbocycles. The lowest BCUT2D eigenvalue weighted by atomic mass is 10.2. The van der Waals surface area contributed by atoms with Crippen LogP contribution in [-0.2, 0) is 13.0 Å². The molecule has 3 aromatic heterocycles. The fraction of sp³-hybridized carbons (Fsp3) is 0.227. The van der Waals surface area contributed by atoms with E-state index in [2.05, 4.69) is 19.9 Å². The highest BCUT2D eigenvalue weighted by Gasteiger charge is 2.12. The number of para-hydroxylation sites is 1. The highest BCUT2D eigenvalue weighted by atomic mass is 16.1. The van der Waals surface area contributed by atoms with Crippen molar-refractivity contribution in [1.29, 1.82) is 0 Å². The lowest BCUT2D eigenvalue weighted by Gasteiger charge is -2.18. The number of aromatic amines is 1. The number of nitrogens with one attached hydrogen (secondary N) is 1. The molecule has 0 amide bonds. The van der Waals surface area contributed by atoms with Gasteiger partial charge in [-0.3, -0.25) is 24.1 Å². The molecule has 30 heavy (non-hydrogen) atoms. The Bertz CT molecular complexity index is 1300. The zero-order valence-corrected chi connectivity index (χ0v) is 16.9. The van der Waals surface area contributed by atoms with Gasteiger partial charge in [-0.15, -0.1) is 0 Å². The molecule has 0 bridgehead atoms. The second-order valence-electron chi connectivity index (χ2n) is 7.12. The minimum absolute atomic E-state index is 0.148. The van der Waals surface area contributed by atoms with Crippen LogP contribution in [0.3, 0.4) is 0 Å². The van der Waals surface area contributed by atoms with Crippen molar-refractivity contribution in [2.24, 2.45) is 0 Å². The number of aryl methyl sites for hydroxylation is 1. The van der Waals surface area contributed by atoms with Crippen molar-refractivity contribution < 1.29 is 0 Å². The van der Waals surface area contributed by atoms with E-state index in [0.29, 0.717) is 34.9 Å². The van der Waals surface area contributed by atoms with Crippen molar-refractivity contribution in [1.82, 2.24) is 24.5 Å². The fourth-order valence-electron chi connectivity index (χ4n) is 3.32. The van der Waals surface area contributed by atoms with Crippen LogP contribution >= 0.6 is 0 Å². The van der Waals surface area contributed by atoms with Crippen LogP contribution in [0.15, 0.2) is 64.3 Å². The molecule has 0 aliphatic heterocycles. The Kier molecular flexibility index (Phi) is 5.38. The van der Waals surface area contributed by atoms with Crippen LogP contribution in [0.25, 0.3) is 10.9 Å². The van der Waals surface area contributed by atoms with Gasteiger partial charge in [0.2, 0.25) is 5.95 Å². The Morgan fingerprint density at radius 3 is 2.63 bits per heavy atom. The van der Waals surface area contributed by atoms with Crippen LogP contribution in [0.5, 0.6) is 0 Å². The summed E-state index contributed by atoms with van der Waals surface area (Å²) in [5.74, 6) is 1.03. The van der Waals surface area contributed by atoms with Gasteiger partial charge in [-0.2, -0.15) is 0 Å². The van der Waals surface area contributed by atoms with Gasteiger partial charge in [0.05, 0.1) is 23.1 Å². The molecule has 3 heterocycles. The van der Waals surface area contributed by atoms with E-state index in [0.717, 1.165) is 12.1 Å². The van der Waals surface area contributed by atoms with E-state index in [-0.39, 0.29) is 17.7 Å². The molecule has 0 unspecified atom stereocenters. The van der Waals surface area contributed by atoms with Crippen LogP contribution in [0, 0.1) is 6.92 Å². The summed E-state index contributed by atoms with van der Waals surface area (Å²) in [6, 6.07) is 14.4. The van der Waals surface area contributed by atoms with Gasteiger partial charge in [0, 0.05) is 38.0 Å². The van der Waals surface area contributed by atoms with E-state index in [1.165, 1.54) is 6.07 Å². The molecule has 0 aliphatic carbocycles. The first-order valence-electron chi connectivity index (χ1n) is 9.69. The van der Waals surface area contributed by atoms with Crippen LogP contribution in [-0.4, -0.2) is 38.1 Å². The normalized spacial score (nSPS) is 11.0. The highest BCUT2D eigenvalue weighted by Crippen LogP contribution is 2.10. The molecule has 8 heteroatoms. The average molecular weight is 402 g/mol. The molecule has 4 aromatic rings. The van der Waals surface area contributed by atoms with Crippen molar-refractivity contribution >= 4 is 16.9 Å². The van der Waals surface area contributed by atoms with Crippen LogP contribution < -0.4 is 16.0 Å². The quantitative estimate of drug-likeness (QED) is 0.529. The molecule has 0 saturated heterocycles. The molecule has 0 atom stereocenters. The highest BCUT2D eigenvalue weighted by molar-refractivity contribution is 5.77. The Hall–Kier alpha value is -3.81. The van der Waals surface area contributed by atoms with Gasteiger partial charge in [0.1, 0.15) is 5.82 Å². The van der Waals surface area contributed by atoms with Crippen molar-refractivity contribution in [2.45, 2.75) is 19.9 Å². The van der Waals surface area contributed by atoms with E-state index < -0.39 is 0 Å². The smallest absolute Gasteiger partial charge is 0.261 e. The number of aromatic nitrogens is 5. The van der Waals surface area contributed by atoms with E-state index in [1.807, 2.05) is 48.3 Å². The molecule has 0 spiro atoms. The molecule has 0 saturated carbocycles. The molecular formula is C22H22N6O2. The number of nitrogens with zero attached hydrogens (tertiary/aromatic N) is 5. The molecular weight excluding hydrogens is 380 g/mol. The maximum absolute atomic E-state index is 12.9. The summed E-state index contributed by atoms with van der Waals surface area (Å²) in [5.41, 5.74) is 1.71. The monoisotopic (exact) mass is 402 g/mol. The Morgan fingerprint density at radius 1 is 1.03 bits per heavy atom. The molecule has 4 rings (SSSR count). The number of H-pyrrole nitrogens is 1. The first kappa shape index (κ1) is 19.5. The molecule has 1 N–H and O–H groups in total. The maximum Gasteiger partial charge on any atom is 0.261 e. The van der Waals surface area contributed by atoms with E-state index in [9.17, 15) is 9.59 Å². The van der Waals surface area contributed by atoms with Gasteiger partial charge < -0.3 is 4.90 Å². The minimum Gasteiger partial charge on any atom is -0.345 e. The predicted molar refractivity (Wildman–Crippen MR) is 116 cm³/mol. The Labute approximate surface area is 172 Å². The van der Waals surface area contributed by atoms with E-state index >= 15 is 0 Å². The lowest BCUT2D eigenvalue weighted by Crippen LogP contribution is -2.28. The molecule has 8 nitrogen and oxygen atoms in total. The number of fused-ring (bicyclic) bond motifs is 1. The maximum atomic E-state index is 12.9. The van der Waals surface area contributed by atoms with Gasteiger partial charge in [-0.25, -0.2) is 9.97 Å². The summed E-state index contributed by atoms with van der Waals surface area (Å²) >= 11 is 0. The third kappa shape index (κ3) is 4.12. The number of hydrogen-bond acceptors (Lipinski definition) is 6. The molecule has 0 aliphatic rings. The minimum atomic E-state index is -0.265. The van der Waals surface area contributed by atoms with Gasteiger partial charge in [-0.05, 0) is 31.2 Å². The van der Waals surface area contributed by atoms with Gasteiger partial charge in [0.25, 0.3) is 11.1 Å². The molecule has 0 fully saturated rings. The number of anilines is 1. The fourth-order valence-corrected chi connectivity index (χ4v) is 3.32. The lowest BCUT2D eigenvalue weighted by molar-refractivity contribution is 0.690. The van der Waals surface area contributed by atoms with E-state index in [4.69, 9.17) is 0 Å². The second-order valence-corrected chi connectivity index (χ2v) is 7.12. The number of pyridine rings is 1. The largest absolute Gasteiger partial charge is 0.345 e. The summed E-state index contributed by atoms with van der Waals surface area (Å²) in [6.45, 7) is 2.59. The second kappa shape index (κ2) is 8.28. The van der Waals surface area contributed by atoms with E-state index in [1.54, 1.807) is 23.8 Å². The van der Waals surface area contributed by atoms with Gasteiger partial charge in [0.15, 0.2) is 0 Å². The zero-order valence-electron chi connectivity index (χ0n) is 16.9. The topological polar surface area (TPSA) is 96.8 Å².